The van der Waals surface area contributed by atoms with Crippen molar-refractivity contribution in [1.29, 1.82) is 0 Å². The van der Waals surface area contributed by atoms with Gasteiger partial charge in [-0.05, 0) is 32.0 Å². The normalized spacial score (nSPS) is 11.3. The molecule has 22 heavy (non-hydrogen) atoms. The monoisotopic (exact) mass is 299 g/mol. The molecule has 3 aromatic rings. The van der Waals surface area contributed by atoms with E-state index in [1.54, 1.807) is 23.9 Å². The molecule has 0 spiro atoms. The molecule has 2 heterocycles. The van der Waals surface area contributed by atoms with Gasteiger partial charge in [-0.1, -0.05) is 0 Å². The van der Waals surface area contributed by atoms with E-state index in [1.807, 2.05) is 19.9 Å². The van der Waals surface area contributed by atoms with Crippen molar-refractivity contribution in [2.24, 2.45) is 7.05 Å². The van der Waals surface area contributed by atoms with E-state index in [-0.39, 0.29) is 11.9 Å². The molecule has 0 bridgehead atoms. The average molecular weight is 299 g/mol. The van der Waals surface area contributed by atoms with Crippen LogP contribution in [0.15, 0.2) is 24.5 Å². The minimum Gasteiger partial charge on any atom is -0.504 e. The molecule has 7 heteroatoms. The number of rotatable bonds is 3. The fraction of sp³-hybridized carbons (Fsp3) is 0.267. The van der Waals surface area contributed by atoms with Crippen LogP contribution in [-0.2, 0) is 7.05 Å². The van der Waals surface area contributed by atoms with Gasteiger partial charge in [0.05, 0.1) is 11.5 Å². The summed E-state index contributed by atoms with van der Waals surface area (Å²) in [6.07, 6.45) is 1.39. The summed E-state index contributed by atoms with van der Waals surface area (Å²) in [5.74, 6) is 0.846. The van der Waals surface area contributed by atoms with Crippen molar-refractivity contribution in [3.8, 4) is 22.8 Å². The number of benzene rings is 1. The van der Waals surface area contributed by atoms with E-state index >= 15 is 0 Å². The lowest BCUT2D eigenvalue weighted by Gasteiger charge is -2.11. The number of aromatic hydroxyl groups is 1. The van der Waals surface area contributed by atoms with E-state index in [0.29, 0.717) is 28.3 Å². The summed E-state index contributed by atoms with van der Waals surface area (Å²) >= 11 is 0. The zero-order chi connectivity index (χ0) is 15.9. The first-order valence-corrected chi connectivity index (χ1v) is 6.90. The molecule has 0 fully saturated rings. The van der Waals surface area contributed by atoms with Crippen LogP contribution in [0.1, 0.15) is 13.8 Å². The van der Waals surface area contributed by atoms with Crippen molar-refractivity contribution in [2.75, 3.05) is 5.73 Å². The van der Waals surface area contributed by atoms with Gasteiger partial charge in [0.15, 0.2) is 17.1 Å². The molecule has 2 aromatic heterocycles. The zero-order valence-corrected chi connectivity index (χ0v) is 12.6. The largest absolute Gasteiger partial charge is 0.504 e. The van der Waals surface area contributed by atoms with Crippen LogP contribution in [0.5, 0.6) is 11.5 Å². The minimum atomic E-state index is -0.0172. The predicted octanol–water partition coefficient (Wildman–Crippen LogP) is 2.11. The molecular formula is C15H17N5O2. The molecule has 0 unspecified atom stereocenters. The summed E-state index contributed by atoms with van der Waals surface area (Å²) in [4.78, 5) is 8.20. The average Bonchev–Trinajstić information content (AvgIpc) is 2.80. The Balaban J connectivity index is 2.14. The van der Waals surface area contributed by atoms with Crippen LogP contribution in [0.3, 0.4) is 0 Å². The van der Waals surface area contributed by atoms with E-state index in [0.717, 1.165) is 5.56 Å². The number of fused-ring (bicyclic) bond motifs is 1. The Morgan fingerprint density at radius 3 is 2.73 bits per heavy atom. The van der Waals surface area contributed by atoms with Crippen molar-refractivity contribution in [3.05, 3.63) is 24.5 Å². The SMILES string of the molecule is CC(C)Oc1ccc(-c2nn(C)c3ncnc(N)c23)cc1O. The number of nitrogens with two attached hydrogens (primary N) is 1. The molecule has 0 saturated carbocycles. The second-order valence-corrected chi connectivity index (χ2v) is 5.28. The highest BCUT2D eigenvalue weighted by Gasteiger charge is 2.16. The van der Waals surface area contributed by atoms with Crippen molar-refractivity contribution in [3.63, 3.8) is 0 Å². The fourth-order valence-corrected chi connectivity index (χ4v) is 2.33. The topological polar surface area (TPSA) is 99.1 Å². The quantitative estimate of drug-likeness (QED) is 0.768. The molecule has 114 valence electrons. The van der Waals surface area contributed by atoms with Crippen molar-refractivity contribution in [1.82, 2.24) is 19.7 Å². The van der Waals surface area contributed by atoms with Gasteiger partial charge in [0.2, 0.25) is 0 Å². The third kappa shape index (κ3) is 2.30. The lowest BCUT2D eigenvalue weighted by Crippen LogP contribution is -2.05. The van der Waals surface area contributed by atoms with Gasteiger partial charge in [-0.2, -0.15) is 5.10 Å². The zero-order valence-electron chi connectivity index (χ0n) is 12.6. The molecule has 0 amide bonds. The number of nitrogens with zero attached hydrogens (tertiary/aromatic N) is 4. The highest BCUT2D eigenvalue weighted by Crippen LogP contribution is 2.35. The summed E-state index contributed by atoms with van der Waals surface area (Å²) in [6.45, 7) is 3.80. The Labute approximate surface area is 127 Å². The molecule has 0 radical (unpaired) electrons. The molecule has 0 aliphatic heterocycles. The number of phenols is 1. The van der Waals surface area contributed by atoms with Crippen LogP contribution < -0.4 is 10.5 Å². The first-order chi connectivity index (χ1) is 10.5. The van der Waals surface area contributed by atoms with E-state index in [1.165, 1.54) is 6.33 Å². The summed E-state index contributed by atoms with van der Waals surface area (Å²) in [7, 11) is 1.79. The Bertz CT molecular complexity index is 841. The predicted molar refractivity (Wildman–Crippen MR) is 83.6 cm³/mol. The van der Waals surface area contributed by atoms with Crippen molar-refractivity contribution in [2.45, 2.75) is 20.0 Å². The van der Waals surface area contributed by atoms with Crippen LogP contribution >= 0.6 is 0 Å². The number of ether oxygens (including phenoxy) is 1. The van der Waals surface area contributed by atoms with Gasteiger partial charge >= 0.3 is 0 Å². The molecule has 1 aromatic carbocycles. The Morgan fingerprint density at radius 2 is 2.05 bits per heavy atom. The molecule has 3 N–H and O–H groups in total. The molecule has 3 rings (SSSR count). The standard InChI is InChI=1S/C15H17N5O2/c1-8(2)22-11-5-4-9(6-10(11)21)13-12-14(16)17-7-18-15(12)20(3)19-13/h4-8,21H,1-3H3,(H2,16,17,18). The van der Waals surface area contributed by atoms with Gasteiger partial charge in [-0.25, -0.2) is 14.6 Å². The second-order valence-electron chi connectivity index (χ2n) is 5.28. The maximum Gasteiger partial charge on any atom is 0.163 e. The van der Waals surface area contributed by atoms with Crippen LogP contribution in [0.4, 0.5) is 5.82 Å². The highest BCUT2D eigenvalue weighted by molar-refractivity contribution is 5.98. The van der Waals surface area contributed by atoms with E-state index in [2.05, 4.69) is 15.1 Å². The minimum absolute atomic E-state index is 0.0172. The first kappa shape index (κ1) is 14.1. The van der Waals surface area contributed by atoms with Crippen molar-refractivity contribution >= 4 is 16.9 Å². The van der Waals surface area contributed by atoms with Gasteiger partial charge in [0, 0.05) is 12.6 Å². The number of aromatic nitrogens is 4. The van der Waals surface area contributed by atoms with Gasteiger partial charge in [0.1, 0.15) is 17.8 Å². The van der Waals surface area contributed by atoms with Gasteiger partial charge < -0.3 is 15.6 Å². The Kier molecular flexibility index (Phi) is 3.32. The Hall–Kier alpha value is -2.83. The summed E-state index contributed by atoms with van der Waals surface area (Å²) in [6, 6.07) is 5.14. The Morgan fingerprint density at radius 1 is 1.27 bits per heavy atom. The van der Waals surface area contributed by atoms with Gasteiger partial charge in [-0.3, -0.25) is 0 Å². The maximum atomic E-state index is 10.1. The number of hydrogen-bond acceptors (Lipinski definition) is 6. The summed E-state index contributed by atoms with van der Waals surface area (Å²) < 4.78 is 7.16. The van der Waals surface area contributed by atoms with E-state index in [4.69, 9.17) is 10.5 Å². The molecule has 0 atom stereocenters. The molecule has 0 saturated heterocycles. The van der Waals surface area contributed by atoms with Crippen LogP contribution in [0.2, 0.25) is 0 Å². The van der Waals surface area contributed by atoms with Crippen LogP contribution in [-0.4, -0.2) is 31.0 Å². The number of aryl methyl sites for hydroxylation is 1. The number of nitrogen functional groups attached to an aromatic ring is 1. The van der Waals surface area contributed by atoms with Crippen LogP contribution in [0.25, 0.3) is 22.3 Å². The summed E-state index contributed by atoms with van der Waals surface area (Å²) in [5.41, 5.74) is 7.94. The molecule has 7 nitrogen and oxygen atoms in total. The number of hydrogen-bond donors (Lipinski definition) is 2. The third-order valence-corrected chi connectivity index (χ3v) is 3.24. The van der Waals surface area contributed by atoms with Gasteiger partial charge in [-0.15, -0.1) is 0 Å². The third-order valence-electron chi connectivity index (χ3n) is 3.24. The van der Waals surface area contributed by atoms with Gasteiger partial charge in [0.25, 0.3) is 0 Å². The molecule has 0 aliphatic carbocycles. The molecular weight excluding hydrogens is 282 g/mol. The number of anilines is 1. The van der Waals surface area contributed by atoms with Crippen LogP contribution in [0, 0.1) is 0 Å². The molecule has 0 aliphatic rings. The highest BCUT2D eigenvalue weighted by atomic mass is 16.5. The van der Waals surface area contributed by atoms with Crippen molar-refractivity contribution < 1.29 is 9.84 Å². The lowest BCUT2D eigenvalue weighted by molar-refractivity contribution is 0.232. The maximum absolute atomic E-state index is 10.1. The summed E-state index contributed by atoms with van der Waals surface area (Å²) in [5, 5.41) is 15.2. The van der Waals surface area contributed by atoms with E-state index in [9.17, 15) is 5.11 Å². The number of phenolic OH excluding ortho intramolecular Hbond substituents is 1. The lowest BCUT2D eigenvalue weighted by atomic mass is 10.1. The van der Waals surface area contributed by atoms with E-state index < -0.39 is 0 Å². The first-order valence-electron chi connectivity index (χ1n) is 6.90. The fourth-order valence-electron chi connectivity index (χ4n) is 2.33. The second kappa shape index (κ2) is 5.18. The smallest absolute Gasteiger partial charge is 0.163 e.